The molecule has 2 aromatic heterocycles. The molecule has 5 aromatic rings. The lowest BCUT2D eigenvalue weighted by Crippen LogP contribution is -2.18. The fraction of sp³-hybridized carbons (Fsp3) is 0.115. The smallest absolute Gasteiger partial charge is 0.289 e. The van der Waals surface area contributed by atoms with Crippen LogP contribution in [0.2, 0.25) is 0 Å². The van der Waals surface area contributed by atoms with Crippen molar-refractivity contribution in [3.63, 3.8) is 0 Å². The Morgan fingerprint density at radius 1 is 1.03 bits per heavy atom. The first-order valence-electron chi connectivity index (χ1n) is 10.6. The highest BCUT2D eigenvalue weighted by molar-refractivity contribution is 6.09. The van der Waals surface area contributed by atoms with Gasteiger partial charge in [-0.3, -0.25) is 9.89 Å². The molecule has 5 rings (SSSR count). The molecule has 0 saturated heterocycles. The topological polar surface area (TPSA) is 75.1 Å². The van der Waals surface area contributed by atoms with Crippen LogP contribution >= 0.6 is 0 Å². The summed E-state index contributed by atoms with van der Waals surface area (Å²) in [6.07, 6.45) is 1.66. The molecule has 158 valence electrons. The van der Waals surface area contributed by atoms with E-state index in [-0.39, 0.29) is 5.91 Å². The lowest BCUT2D eigenvalue weighted by Gasteiger charge is -2.02. The summed E-state index contributed by atoms with van der Waals surface area (Å²) in [5.74, 6) is -0.337. The third kappa shape index (κ3) is 3.56. The highest BCUT2D eigenvalue weighted by Crippen LogP contribution is 2.29. The number of rotatable bonds is 5. The predicted molar refractivity (Wildman–Crippen MR) is 129 cm³/mol. The molecule has 0 atom stereocenters. The van der Waals surface area contributed by atoms with Crippen LogP contribution in [-0.4, -0.2) is 26.9 Å². The van der Waals surface area contributed by atoms with E-state index in [9.17, 15) is 4.79 Å². The molecule has 6 heteroatoms. The fourth-order valence-electron chi connectivity index (χ4n) is 4.03. The Hall–Kier alpha value is -4.19. The number of hydrogen-bond donors (Lipinski definition) is 2. The zero-order chi connectivity index (χ0) is 22.1. The highest BCUT2D eigenvalue weighted by Gasteiger charge is 2.11. The molecule has 0 bridgehead atoms. The molecular formula is C26H23N5O. The number of aryl methyl sites for hydroxylation is 2. The number of nitrogens with one attached hydrogen (secondary N) is 2. The first-order chi connectivity index (χ1) is 15.6. The van der Waals surface area contributed by atoms with E-state index in [0.29, 0.717) is 5.69 Å². The Bertz CT molecular complexity index is 1460. The molecule has 0 aliphatic heterocycles. The number of carbonyl (C=O) groups is 1. The number of amides is 1. The third-order valence-electron chi connectivity index (χ3n) is 5.66. The van der Waals surface area contributed by atoms with E-state index in [1.165, 1.54) is 27.4 Å². The van der Waals surface area contributed by atoms with Crippen molar-refractivity contribution in [1.82, 2.24) is 20.2 Å². The largest absolute Gasteiger partial charge is 0.341 e. The summed E-state index contributed by atoms with van der Waals surface area (Å²) in [5.41, 5.74) is 9.11. The Morgan fingerprint density at radius 3 is 2.62 bits per heavy atom. The Labute approximate surface area is 185 Å². The minimum atomic E-state index is -0.337. The van der Waals surface area contributed by atoms with Gasteiger partial charge in [-0.05, 0) is 43.7 Å². The van der Waals surface area contributed by atoms with E-state index >= 15 is 0 Å². The quantitative estimate of drug-likeness (QED) is 0.299. The molecule has 0 saturated carbocycles. The third-order valence-corrected chi connectivity index (χ3v) is 5.66. The molecule has 0 radical (unpaired) electrons. The predicted octanol–water partition coefficient (Wildman–Crippen LogP) is 5.28. The van der Waals surface area contributed by atoms with Gasteiger partial charge < -0.3 is 4.57 Å². The van der Waals surface area contributed by atoms with Crippen LogP contribution in [0.15, 0.2) is 77.9 Å². The van der Waals surface area contributed by atoms with Crippen LogP contribution in [0.1, 0.15) is 28.5 Å². The normalized spacial score (nSPS) is 11.6. The van der Waals surface area contributed by atoms with Crippen molar-refractivity contribution in [2.24, 2.45) is 5.10 Å². The van der Waals surface area contributed by atoms with Crippen LogP contribution in [0.4, 0.5) is 0 Å². The number of para-hydroxylation sites is 1. The second-order valence-corrected chi connectivity index (χ2v) is 7.77. The van der Waals surface area contributed by atoms with Crippen molar-refractivity contribution in [3.05, 3.63) is 89.6 Å². The van der Waals surface area contributed by atoms with E-state index in [1.54, 1.807) is 12.3 Å². The van der Waals surface area contributed by atoms with Gasteiger partial charge in [-0.15, -0.1) is 0 Å². The number of carbonyl (C=O) groups excluding carboxylic acids is 1. The van der Waals surface area contributed by atoms with Gasteiger partial charge in [0, 0.05) is 33.9 Å². The minimum Gasteiger partial charge on any atom is -0.341 e. The molecule has 0 aliphatic carbocycles. The second-order valence-electron chi connectivity index (χ2n) is 7.77. The van der Waals surface area contributed by atoms with E-state index in [0.717, 1.165) is 23.4 Å². The van der Waals surface area contributed by atoms with Gasteiger partial charge in [0.15, 0.2) is 0 Å². The van der Waals surface area contributed by atoms with Crippen molar-refractivity contribution in [1.29, 1.82) is 0 Å². The van der Waals surface area contributed by atoms with Gasteiger partial charge in [0.1, 0.15) is 5.69 Å². The maximum Gasteiger partial charge on any atom is 0.289 e. The van der Waals surface area contributed by atoms with Crippen LogP contribution in [0.25, 0.3) is 33.1 Å². The van der Waals surface area contributed by atoms with Gasteiger partial charge in [0.05, 0.1) is 11.9 Å². The summed E-state index contributed by atoms with van der Waals surface area (Å²) in [6, 6.07) is 24.3. The van der Waals surface area contributed by atoms with Gasteiger partial charge in [-0.25, -0.2) is 5.43 Å². The molecule has 1 amide bonds. The van der Waals surface area contributed by atoms with Gasteiger partial charge >= 0.3 is 0 Å². The molecule has 32 heavy (non-hydrogen) atoms. The molecule has 6 nitrogen and oxygen atoms in total. The zero-order valence-corrected chi connectivity index (χ0v) is 18.0. The van der Waals surface area contributed by atoms with Crippen molar-refractivity contribution in [2.75, 3.05) is 0 Å². The van der Waals surface area contributed by atoms with E-state index in [2.05, 4.69) is 68.6 Å². The summed E-state index contributed by atoms with van der Waals surface area (Å²) in [4.78, 5) is 12.5. The number of aromatic nitrogens is 3. The first kappa shape index (κ1) is 19.8. The molecule has 2 heterocycles. The molecule has 3 aromatic carbocycles. The van der Waals surface area contributed by atoms with Gasteiger partial charge in [0.2, 0.25) is 0 Å². The molecule has 0 fully saturated rings. The molecule has 0 spiro atoms. The van der Waals surface area contributed by atoms with Gasteiger partial charge in [-0.1, -0.05) is 54.1 Å². The summed E-state index contributed by atoms with van der Waals surface area (Å²) < 4.78 is 2.30. The summed E-state index contributed by atoms with van der Waals surface area (Å²) in [6.45, 7) is 5.09. The van der Waals surface area contributed by atoms with Gasteiger partial charge in [0.25, 0.3) is 5.91 Å². The highest BCUT2D eigenvalue weighted by atomic mass is 16.2. The Kier molecular flexibility index (Phi) is 5.03. The van der Waals surface area contributed by atoms with Crippen LogP contribution in [0, 0.1) is 6.92 Å². The maximum atomic E-state index is 12.5. The minimum absolute atomic E-state index is 0.337. The summed E-state index contributed by atoms with van der Waals surface area (Å²) >= 11 is 0. The van der Waals surface area contributed by atoms with Crippen molar-refractivity contribution in [3.8, 4) is 11.3 Å². The van der Waals surface area contributed by atoms with E-state index in [1.807, 2.05) is 37.3 Å². The number of hydrazone groups is 1. The van der Waals surface area contributed by atoms with Crippen molar-refractivity contribution in [2.45, 2.75) is 20.4 Å². The number of hydrogen-bond acceptors (Lipinski definition) is 3. The first-order valence-corrected chi connectivity index (χ1v) is 10.6. The van der Waals surface area contributed by atoms with Crippen molar-refractivity contribution >= 4 is 33.9 Å². The number of H-pyrrole nitrogens is 1. The van der Waals surface area contributed by atoms with Crippen LogP contribution < -0.4 is 5.43 Å². The van der Waals surface area contributed by atoms with Crippen LogP contribution in [0.3, 0.4) is 0 Å². The zero-order valence-electron chi connectivity index (χ0n) is 18.0. The number of aromatic amines is 1. The lowest BCUT2D eigenvalue weighted by atomic mass is 10.1. The number of benzene rings is 3. The Morgan fingerprint density at radius 2 is 1.81 bits per heavy atom. The summed E-state index contributed by atoms with van der Waals surface area (Å²) in [7, 11) is 0. The van der Waals surface area contributed by atoms with Gasteiger partial charge in [-0.2, -0.15) is 10.2 Å². The number of fused-ring (bicyclic) bond motifs is 3. The van der Waals surface area contributed by atoms with E-state index < -0.39 is 0 Å². The average molecular weight is 422 g/mol. The van der Waals surface area contributed by atoms with Crippen molar-refractivity contribution < 1.29 is 4.79 Å². The van der Waals surface area contributed by atoms with Crippen LogP contribution in [-0.2, 0) is 6.54 Å². The van der Waals surface area contributed by atoms with Crippen LogP contribution in [0.5, 0.6) is 0 Å². The summed E-state index contributed by atoms with van der Waals surface area (Å²) in [5, 5.41) is 13.6. The molecule has 0 unspecified atom stereocenters. The lowest BCUT2D eigenvalue weighted by molar-refractivity contribution is 0.0950. The molecular weight excluding hydrogens is 398 g/mol. The fourth-order valence-corrected chi connectivity index (χ4v) is 4.03. The van der Waals surface area contributed by atoms with E-state index in [4.69, 9.17) is 0 Å². The Balaban J connectivity index is 1.34. The monoisotopic (exact) mass is 421 g/mol. The molecule has 0 aliphatic rings. The second kappa shape index (κ2) is 8.15. The maximum absolute atomic E-state index is 12.5. The molecule has 2 N–H and O–H groups in total. The average Bonchev–Trinajstić information content (AvgIpc) is 3.43. The number of nitrogens with zero attached hydrogens (tertiary/aromatic N) is 3. The standard InChI is InChI=1S/C26H23N5O/c1-3-31-24-7-5-4-6-20(24)21-14-18(10-13-25(21)31)16-27-30-26(32)23-15-22(28-29-23)19-11-8-17(2)9-12-19/h4-16H,3H2,1-2H3,(H,28,29)(H,30,32)/b27-16+. The SMILES string of the molecule is CCn1c2ccccc2c2cc(/C=N/NC(=O)c3cc(-c4ccc(C)cc4)n[nH]3)ccc21.